The van der Waals surface area contributed by atoms with E-state index in [-0.39, 0.29) is 10.8 Å². The van der Waals surface area contributed by atoms with E-state index < -0.39 is 13.0 Å². The standard InChI is InChI=1S/C9H11Cl2F2N3/c1-2-14-8-5(10)3-6(11)9(16-8)15-4-7(12)13/h3,7H,2,4H2,1H3,(H2,14,15,16). The topological polar surface area (TPSA) is 37.0 Å². The average Bonchev–Trinajstić information content (AvgIpc) is 2.20. The monoisotopic (exact) mass is 269 g/mol. The highest BCUT2D eigenvalue weighted by atomic mass is 35.5. The number of nitrogens with zero attached hydrogens (tertiary/aromatic N) is 1. The smallest absolute Gasteiger partial charge is 0.255 e. The first-order valence-electron chi connectivity index (χ1n) is 4.66. The molecule has 0 radical (unpaired) electrons. The van der Waals surface area contributed by atoms with Gasteiger partial charge in [0.15, 0.2) is 0 Å². The van der Waals surface area contributed by atoms with Crippen molar-refractivity contribution in [1.29, 1.82) is 0 Å². The van der Waals surface area contributed by atoms with Crippen LogP contribution in [0.4, 0.5) is 20.4 Å². The molecule has 0 fully saturated rings. The van der Waals surface area contributed by atoms with Crippen LogP contribution in [0.2, 0.25) is 10.0 Å². The molecule has 1 heterocycles. The summed E-state index contributed by atoms with van der Waals surface area (Å²) in [5.41, 5.74) is 0. The van der Waals surface area contributed by atoms with Crippen LogP contribution >= 0.6 is 23.2 Å². The Kier molecular flexibility index (Phi) is 5.02. The van der Waals surface area contributed by atoms with Gasteiger partial charge in [-0.25, -0.2) is 13.8 Å². The molecule has 90 valence electrons. The minimum Gasteiger partial charge on any atom is -0.369 e. The lowest BCUT2D eigenvalue weighted by Gasteiger charge is -2.11. The molecule has 1 aromatic heterocycles. The Morgan fingerprint density at radius 1 is 1.25 bits per heavy atom. The highest BCUT2D eigenvalue weighted by Gasteiger charge is 2.10. The van der Waals surface area contributed by atoms with E-state index in [0.29, 0.717) is 17.4 Å². The third kappa shape index (κ3) is 3.64. The van der Waals surface area contributed by atoms with Gasteiger partial charge in [0.2, 0.25) is 0 Å². The summed E-state index contributed by atoms with van der Waals surface area (Å²) in [7, 11) is 0. The molecule has 0 aliphatic heterocycles. The molecule has 0 saturated carbocycles. The number of rotatable bonds is 5. The predicted molar refractivity (Wildman–Crippen MR) is 62.9 cm³/mol. The van der Waals surface area contributed by atoms with Crippen LogP contribution in [0.3, 0.4) is 0 Å². The van der Waals surface area contributed by atoms with Gasteiger partial charge < -0.3 is 10.6 Å². The molecule has 3 nitrogen and oxygen atoms in total. The second kappa shape index (κ2) is 6.06. The Morgan fingerprint density at radius 3 is 2.31 bits per heavy atom. The molecular weight excluding hydrogens is 259 g/mol. The van der Waals surface area contributed by atoms with Gasteiger partial charge in [-0.15, -0.1) is 0 Å². The van der Waals surface area contributed by atoms with Crippen molar-refractivity contribution in [1.82, 2.24) is 4.98 Å². The largest absolute Gasteiger partial charge is 0.369 e. The fourth-order valence-electron chi connectivity index (χ4n) is 1.06. The van der Waals surface area contributed by atoms with Crippen molar-refractivity contribution in [3.63, 3.8) is 0 Å². The first-order chi connectivity index (χ1) is 7.54. The SMILES string of the molecule is CCNc1nc(NCC(F)F)c(Cl)cc1Cl. The summed E-state index contributed by atoms with van der Waals surface area (Å²) < 4.78 is 24.0. The maximum absolute atomic E-state index is 12.0. The number of hydrogen-bond donors (Lipinski definition) is 2. The van der Waals surface area contributed by atoms with E-state index in [2.05, 4.69) is 15.6 Å². The van der Waals surface area contributed by atoms with Crippen LogP contribution in [0, 0.1) is 0 Å². The third-order valence-corrected chi connectivity index (χ3v) is 2.27. The van der Waals surface area contributed by atoms with E-state index in [1.165, 1.54) is 6.07 Å². The molecule has 7 heteroatoms. The average molecular weight is 270 g/mol. The predicted octanol–water partition coefficient (Wildman–Crippen LogP) is 3.50. The normalized spacial score (nSPS) is 10.6. The summed E-state index contributed by atoms with van der Waals surface area (Å²) in [4.78, 5) is 4.01. The maximum Gasteiger partial charge on any atom is 0.255 e. The van der Waals surface area contributed by atoms with E-state index in [1.54, 1.807) is 0 Å². The van der Waals surface area contributed by atoms with Gasteiger partial charge in [0.05, 0.1) is 16.6 Å². The van der Waals surface area contributed by atoms with Gasteiger partial charge in [-0.05, 0) is 13.0 Å². The highest BCUT2D eigenvalue weighted by molar-refractivity contribution is 6.37. The molecule has 0 amide bonds. The molecule has 0 bridgehead atoms. The van der Waals surface area contributed by atoms with Crippen LogP contribution in [0.15, 0.2) is 6.07 Å². The Labute approximate surface area is 102 Å². The van der Waals surface area contributed by atoms with Gasteiger partial charge in [-0.1, -0.05) is 23.2 Å². The summed E-state index contributed by atoms with van der Waals surface area (Å²) in [6, 6.07) is 1.46. The number of aromatic nitrogens is 1. The first kappa shape index (κ1) is 13.3. The molecule has 0 atom stereocenters. The fourth-order valence-corrected chi connectivity index (χ4v) is 1.55. The van der Waals surface area contributed by atoms with Crippen LogP contribution in [-0.4, -0.2) is 24.5 Å². The van der Waals surface area contributed by atoms with Crippen molar-refractivity contribution >= 4 is 34.8 Å². The molecular formula is C9H11Cl2F2N3. The molecule has 0 aliphatic carbocycles. The summed E-state index contributed by atoms with van der Waals surface area (Å²) in [6.07, 6.45) is -2.46. The lowest BCUT2D eigenvalue weighted by Crippen LogP contribution is -2.12. The molecule has 0 unspecified atom stereocenters. The molecule has 0 aromatic carbocycles. The van der Waals surface area contributed by atoms with Gasteiger partial charge in [-0.2, -0.15) is 0 Å². The highest BCUT2D eigenvalue weighted by Crippen LogP contribution is 2.29. The molecule has 1 aromatic rings. The summed E-state index contributed by atoms with van der Waals surface area (Å²) >= 11 is 11.7. The van der Waals surface area contributed by atoms with Gasteiger partial charge >= 0.3 is 0 Å². The van der Waals surface area contributed by atoms with Crippen molar-refractivity contribution in [2.45, 2.75) is 13.3 Å². The van der Waals surface area contributed by atoms with Gasteiger partial charge in [0.1, 0.15) is 11.6 Å². The zero-order chi connectivity index (χ0) is 12.1. The second-order valence-corrected chi connectivity index (χ2v) is 3.77. The zero-order valence-electron chi connectivity index (χ0n) is 8.53. The summed E-state index contributed by atoms with van der Waals surface area (Å²) in [6.45, 7) is 2.00. The van der Waals surface area contributed by atoms with E-state index in [4.69, 9.17) is 23.2 Å². The Balaban J connectivity index is 2.86. The quantitative estimate of drug-likeness (QED) is 0.859. The maximum atomic E-state index is 12.0. The number of anilines is 2. The van der Waals surface area contributed by atoms with Crippen molar-refractivity contribution in [3.05, 3.63) is 16.1 Å². The fraction of sp³-hybridized carbons (Fsp3) is 0.444. The number of halogens is 4. The van der Waals surface area contributed by atoms with Gasteiger partial charge in [0.25, 0.3) is 6.43 Å². The zero-order valence-corrected chi connectivity index (χ0v) is 10.0. The van der Waals surface area contributed by atoms with E-state index in [9.17, 15) is 8.78 Å². The first-order valence-corrected chi connectivity index (χ1v) is 5.42. The lowest BCUT2D eigenvalue weighted by molar-refractivity contribution is 0.163. The van der Waals surface area contributed by atoms with E-state index in [1.807, 2.05) is 6.92 Å². The number of pyridine rings is 1. The van der Waals surface area contributed by atoms with Crippen molar-refractivity contribution in [2.75, 3.05) is 23.7 Å². The minimum absolute atomic E-state index is 0.197. The van der Waals surface area contributed by atoms with Crippen molar-refractivity contribution in [3.8, 4) is 0 Å². The Bertz CT molecular complexity index is 361. The van der Waals surface area contributed by atoms with Crippen LogP contribution in [0.25, 0.3) is 0 Å². The van der Waals surface area contributed by atoms with E-state index >= 15 is 0 Å². The van der Waals surface area contributed by atoms with Gasteiger partial charge in [-0.3, -0.25) is 0 Å². The molecule has 0 spiro atoms. The second-order valence-electron chi connectivity index (χ2n) is 2.95. The molecule has 16 heavy (non-hydrogen) atoms. The van der Waals surface area contributed by atoms with Crippen LogP contribution < -0.4 is 10.6 Å². The van der Waals surface area contributed by atoms with Gasteiger partial charge in [0, 0.05) is 6.54 Å². The number of nitrogens with one attached hydrogen (secondary N) is 2. The minimum atomic E-state index is -2.46. The molecule has 0 aliphatic rings. The number of alkyl halides is 2. The summed E-state index contributed by atoms with van der Waals surface area (Å²) in [5.74, 6) is 0.618. The van der Waals surface area contributed by atoms with Crippen LogP contribution in [0.5, 0.6) is 0 Å². The van der Waals surface area contributed by atoms with E-state index in [0.717, 1.165) is 0 Å². The lowest BCUT2D eigenvalue weighted by atomic mass is 10.4. The molecule has 1 rings (SSSR count). The van der Waals surface area contributed by atoms with Crippen LogP contribution in [0.1, 0.15) is 6.92 Å². The Morgan fingerprint density at radius 2 is 1.81 bits per heavy atom. The number of hydrogen-bond acceptors (Lipinski definition) is 3. The van der Waals surface area contributed by atoms with Crippen molar-refractivity contribution < 1.29 is 8.78 Å². The third-order valence-electron chi connectivity index (χ3n) is 1.70. The van der Waals surface area contributed by atoms with Crippen LogP contribution in [-0.2, 0) is 0 Å². The molecule has 0 saturated heterocycles. The Hall–Kier alpha value is -0.810. The molecule has 2 N–H and O–H groups in total. The van der Waals surface area contributed by atoms with Crippen molar-refractivity contribution in [2.24, 2.45) is 0 Å². The summed E-state index contributed by atoms with van der Waals surface area (Å²) in [5, 5.41) is 5.92.